The Bertz CT molecular complexity index is 866. The molecule has 5 rings (SSSR count). The lowest BCUT2D eigenvalue weighted by Crippen LogP contribution is -2.51. The molecule has 0 aromatic heterocycles. The number of fused-ring (bicyclic) bond motifs is 1. The van der Waals surface area contributed by atoms with Crippen molar-refractivity contribution in [1.82, 2.24) is 20.0 Å². The van der Waals surface area contributed by atoms with Crippen molar-refractivity contribution in [3.63, 3.8) is 0 Å². The van der Waals surface area contributed by atoms with Crippen LogP contribution < -0.4 is 5.32 Å². The molecule has 0 atom stereocenters. The first kappa shape index (κ1) is 21.3. The van der Waals surface area contributed by atoms with Gasteiger partial charge in [-0.3, -0.25) is 9.59 Å². The number of nitrogens with zero attached hydrogens (tertiary/aromatic N) is 3. The highest BCUT2D eigenvalue weighted by atomic mass is 16.2. The molecule has 0 bridgehead atoms. The van der Waals surface area contributed by atoms with E-state index in [0.717, 1.165) is 49.7 Å². The van der Waals surface area contributed by atoms with Gasteiger partial charge in [0.25, 0.3) is 5.91 Å². The number of amides is 4. The van der Waals surface area contributed by atoms with Crippen LogP contribution in [0.25, 0.3) is 0 Å². The van der Waals surface area contributed by atoms with Gasteiger partial charge in [-0.1, -0.05) is 31.0 Å². The van der Waals surface area contributed by atoms with Gasteiger partial charge in [-0.15, -0.1) is 0 Å². The molecule has 172 valence electrons. The summed E-state index contributed by atoms with van der Waals surface area (Å²) in [7, 11) is 0. The summed E-state index contributed by atoms with van der Waals surface area (Å²) in [4.78, 5) is 44.2. The molecule has 0 unspecified atom stereocenters. The lowest BCUT2D eigenvalue weighted by molar-refractivity contribution is -0.138. The first-order valence-corrected chi connectivity index (χ1v) is 12.3. The summed E-state index contributed by atoms with van der Waals surface area (Å²) in [6.45, 7) is 3.44. The third-order valence-electron chi connectivity index (χ3n) is 7.88. The van der Waals surface area contributed by atoms with Gasteiger partial charge >= 0.3 is 6.03 Å². The van der Waals surface area contributed by atoms with Crippen LogP contribution in [0.15, 0.2) is 24.3 Å². The standard InChI is InChI=1S/C25H34N4O3/c30-23(18-9-13-28(14-10-18)25(32)26-20-6-2-3-7-20)27-15-11-21(12-16-27)29-17-19-5-1-4-8-22(19)24(29)31/h1,4-5,8,18,20-21H,2-3,6-7,9-17H2,(H,26,32). The quantitative estimate of drug-likeness (QED) is 0.789. The van der Waals surface area contributed by atoms with Crippen LogP contribution in [-0.4, -0.2) is 70.8 Å². The number of likely N-dealkylation sites (tertiary alicyclic amines) is 2. The van der Waals surface area contributed by atoms with Crippen molar-refractivity contribution in [2.45, 2.75) is 70.0 Å². The maximum atomic E-state index is 13.1. The van der Waals surface area contributed by atoms with E-state index >= 15 is 0 Å². The molecule has 0 radical (unpaired) electrons. The zero-order chi connectivity index (χ0) is 22.1. The lowest BCUT2D eigenvalue weighted by atomic mass is 9.93. The lowest BCUT2D eigenvalue weighted by Gasteiger charge is -2.39. The van der Waals surface area contributed by atoms with Crippen LogP contribution in [0.4, 0.5) is 4.79 Å². The highest BCUT2D eigenvalue weighted by molar-refractivity contribution is 5.98. The van der Waals surface area contributed by atoms with E-state index in [2.05, 4.69) is 5.32 Å². The second-order valence-electron chi connectivity index (χ2n) is 9.84. The van der Waals surface area contributed by atoms with Gasteiger partial charge in [-0.2, -0.15) is 0 Å². The van der Waals surface area contributed by atoms with E-state index in [-0.39, 0.29) is 29.8 Å². The normalized spacial score (nSPS) is 23.0. The van der Waals surface area contributed by atoms with E-state index in [9.17, 15) is 14.4 Å². The minimum absolute atomic E-state index is 0.0137. The Morgan fingerprint density at radius 1 is 0.844 bits per heavy atom. The summed E-state index contributed by atoms with van der Waals surface area (Å²) < 4.78 is 0. The number of urea groups is 1. The molecule has 1 aliphatic carbocycles. The van der Waals surface area contributed by atoms with E-state index in [1.54, 1.807) is 0 Å². The van der Waals surface area contributed by atoms with Crippen molar-refractivity contribution in [3.05, 3.63) is 35.4 Å². The fourth-order valence-corrected chi connectivity index (χ4v) is 5.89. The largest absolute Gasteiger partial charge is 0.342 e. The van der Waals surface area contributed by atoms with Crippen LogP contribution in [0.3, 0.4) is 0 Å². The third-order valence-corrected chi connectivity index (χ3v) is 7.88. The van der Waals surface area contributed by atoms with Crippen molar-refractivity contribution in [2.24, 2.45) is 5.92 Å². The monoisotopic (exact) mass is 438 g/mol. The molecule has 1 saturated carbocycles. The number of nitrogens with one attached hydrogen (secondary N) is 1. The Labute approximate surface area is 190 Å². The molecule has 1 N–H and O–H groups in total. The average Bonchev–Trinajstić information content (AvgIpc) is 3.47. The van der Waals surface area contributed by atoms with E-state index in [0.29, 0.717) is 38.8 Å². The molecule has 7 heteroatoms. The molecule has 4 amide bonds. The SMILES string of the molecule is O=C(NC1CCCC1)N1CCC(C(=O)N2CCC(N3Cc4ccccc4C3=O)CC2)CC1. The fraction of sp³-hybridized carbons (Fsp3) is 0.640. The topological polar surface area (TPSA) is 73.0 Å². The number of carbonyl (C=O) groups excluding carboxylic acids is 3. The minimum atomic E-state index is 0.0137. The third kappa shape index (κ3) is 4.21. The van der Waals surface area contributed by atoms with Crippen molar-refractivity contribution in [2.75, 3.05) is 26.2 Å². The van der Waals surface area contributed by atoms with Gasteiger partial charge in [-0.25, -0.2) is 4.79 Å². The van der Waals surface area contributed by atoms with Gasteiger partial charge in [0.05, 0.1) is 0 Å². The number of hydrogen-bond donors (Lipinski definition) is 1. The first-order valence-electron chi connectivity index (χ1n) is 12.3. The van der Waals surface area contributed by atoms with Crippen molar-refractivity contribution >= 4 is 17.8 Å². The molecule has 32 heavy (non-hydrogen) atoms. The van der Waals surface area contributed by atoms with Gasteiger partial charge in [0, 0.05) is 56.3 Å². The number of hydrogen-bond acceptors (Lipinski definition) is 3. The van der Waals surface area contributed by atoms with Gasteiger partial charge in [0.1, 0.15) is 0 Å². The maximum absolute atomic E-state index is 13.1. The molecule has 3 heterocycles. The smallest absolute Gasteiger partial charge is 0.317 e. The van der Waals surface area contributed by atoms with Crippen LogP contribution in [0.2, 0.25) is 0 Å². The Morgan fingerprint density at radius 3 is 2.19 bits per heavy atom. The van der Waals surface area contributed by atoms with Gasteiger partial charge in [0.2, 0.25) is 5.91 Å². The minimum Gasteiger partial charge on any atom is -0.342 e. The fourth-order valence-electron chi connectivity index (χ4n) is 5.89. The highest BCUT2D eigenvalue weighted by Gasteiger charge is 2.37. The molecular formula is C25H34N4O3. The molecule has 1 aromatic rings. The molecule has 4 aliphatic rings. The predicted molar refractivity (Wildman–Crippen MR) is 121 cm³/mol. The van der Waals surface area contributed by atoms with E-state index in [1.807, 2.05) is 39.0 Å². The zero-order valence-electron chi connectivity index (χ0n) is 18.8. The van der Waals surface area contributed by atoms with E-state index in [4.69, 9.17) is 0 Å². The Hall–Kier alpha value is -2.57. The van der Waals surface area contributed by atoms with Crippen LogP contribution >= 0.6 is 0 Å². The predicted octanol–water partition coefficient (Wildman–Crippen LogP) is 3.00. The Kier molecular flexibility index (Phi) is 6.07. The van der Waals surface area contributed by atoms with Crippen molar-refractivity contribution < 1.29 is 14.4 Å². The summed E-state index contributed by atoms with van der Waals surface area (Å²) in [5, 5.41) is 3.16. The van der Waals surface area contributed by atoms with Crippen LogP contribution in [0.5, 0.6) is 0 Å². The van der Waals surface area contributed by atoms with Gasteiger partial charge < -0.3 is 20.0 Å². The maximum Gasteiger partial charge on any atom is 0.317 e. The first-order chi connectivity index (χ1) is 15.6. The van der Waals surface area contributed by atoms with Gasteiger partial charge in [0.15, 0.2) is 0 Å². The number of piperidine rings is 2. The van der Waals surface area contributed by atoms with Gasteiger partial charge in [-0.05, 0) is 50.2 Å². The summed E-state index contributed by atoms with van der Waals surface area (Å²) in [6, 6.07) is 8.44. The van der Waals surface area contributed by atoms with Crippen LogP contribution in [0.1, 0.15) is 67.3 Å². The van der Waals surface area contributed by atoms with E-state index in [1.165, 1.54) is 12.8 Å². The summed E-state index contributed by atoms with van der Waals surface area (Å²) >= 11 is 0. The molecule has 1 aromatic carbocycles. The molecule has 0 spiro atoms. The van der Waals surface area contributed by atoms with Crippen LogP contribution in [0, 0.1) is 5.92 Å². The van der Waals surface area contributed by atoms with E-state index < -0.39 is 0 Å². The number of carbonyl (C=O) groups is 3. The highest BCUT2D eigenvalue weighted by Crippen LogP contribution is 2.29. The summed E-state index contributed by atoms with van der Waals surface area (Å²) in [5.74, 6) is 0.378. The second-order valence-corrected chi connectivity index (χ2v) is 9.84. The molecule has 3 aliphatic heterocycles. The second kappa shape index (κ2) is 9.12. The molecule has 3 fully saturated rings. The van der Waals surface area contributed by atoms with Crippen molar-refractivity contribution in [3.8, 4) is 0 Å². The number of rotatable bonds is 3. The number of benzene rings is 1. The Balaban J connectivity index is 1.08. The molecular weight excluding hydrogens is 404 g/mol. The Morgan fingerprint density at radius 2 is 1.50 bits per heavy atom. The molecule has 7 nitrogen and oxygen atoms in total. The summed E-state index contributed by atoms with van der Waals surface area (Å²) in [6.07, 6.45) is 7.77. The summed E-state index contributed by atoms with van der Waals surface area (Å²) in [5.41, 5.74) is 1.94. The van der Waals surface area contributed by atoms with Crippen molar-refractivity contribution in [1.29, 1.82) is 0 Å². The molecule has 2 saturated heterocycles. The van der Waals surface area contributed by atoms with Crippen LogP contribution in [-0.2, 0) is 11.3 Å². The average molecular weight is 439 g/mol. The zero-order valence-corrected chi connectivity index (χ0v) is 18.8.